The zero-order valence-electron chi connectivity index (χ0n) is 13.7. The van der Waals surface area contributed by atoms with Crippen LogP contribution < -0.4 is 11.1 Å². The second kappa shape index (κ2) is 8.66. The van der Waals surface area contributed by atoms with E-state index in [1.165, 1.54) is 19.3 Å². The van der Waals surface area contributed by atoms with Crippen LogP contribution in [0.25, 0.3) is 0 Å². The van der Waals surface area contributed by atoms with E-state index in [2.05, 4.69) is 26.1 Å². The summed E-state index contributed by atoms with van der Waals surface area (Å²) in [5.74, 6) is 1.06. The number of carbonyl (C=O) groups is 1. The highest BCUT2D eigenvalue weighted by molar-refractivity contribution is 5.76. The van der Waals surface area contributed by atoms with E-state index >= 15 is 0 Å². The van der Waals surface area contributed by atoms with Gasteiger partial charge in [-0.25, -0.2) is 0 Å². The SMILES string of the molecule is CCC(C)(C)C1CCC(NC(=O)CCCCCN)CC1. The third-order valence-electron chi connectivity index (χ3n) is 5.22. The molecule has 1 aliphatic rings. The van der Waals surface area contributed by atoms with Gasteiger partial charge in [-0.15, -0.1) is 0 Å². The maximum atomic E-state index is 11.9. The quantitative estimate of drug-likeness (QED) is 0.668. The summed E-state index contributed by atoms with van der Waals surface area (Å²) in [5, 5.41) is 3.22. The van der Waals surface area contributed by atoms with Gasteiger partial charge in [0.05, 0.1) is 0 Å². The molecule has 0 aliphatic heterocycles. The van der Waals surface area contributed by atoms with Crippen molar-refractivity contribution in [3.05, 3.63) is 0 Å². The number of amides is 1. The minimum absolute atomic E-state index is 0.236. The number of nitrogens with one attached hydrogen (secondary N) is 1. The monoisotopic (exact) mass is 282 g/mol. The number of unbranched alkanes of at least 4 members (excludes halogenated alkanes) is 2. The van der Waals surface area contributed by atoms with Crippen molar-refractivity contribution in [3.63, 3.8) is 0 Å². The third-order valence-corrected chi connectivity index (χ3v) is 5.22. The molecule has 20 heavy (non-hydrogen) atoms. The zero-order chi connectivity index (χ0) is 15.0. The number of nitrogens with two attached hydrogens (primary N) is 1. The second-order valence-corrected chi connectivity index (χ2v) is 7.06. The lowest BCUT2D eigenvalue weighted by molar-refractivity contribution is -0.122. The Kier molecular flexibility index (Phi) is 7.57. The van der Waals surface area contributed by atoms with Gasteiger partial charge in [0.25, 0.3) is 0 Å². The standard InChI is InChI=1S/C17H34N2O/c1-4-17(2,3)14-9-11-15(12-10-14)19-16(20)8-6-5-7-13-18/h14-15H,4-13,18H2,1-3H3,(H,19,20). The summed E-state index contributed by atoms with van der Waals surface area (Å²) >= 11 is 0. The Balaban J connectivity index is 2.20. The molecule has 0 aromatic heterocycles. The van der Waals surface area contributed by atoms with Crippen LogP contribution in [0.2, 0.25) is 0 Å². The van der Waals surface area contributed by atoms with Crippen LogP contribution in [0.1, 0.15) is 78.6 Å². The van der Waals surface area contributed by atoms with E-state index in [4.69, 9.17) is 5.73 Å². The number of rotatable bonds is 8. The Morgan fingerprint density at radius 1 is 1.15 bits per heavy atom. The number of hydrogen-bond acceptors (Lipinski definition) is 2. The molecular formula is C17H34N2O. The molecule has 1 rings (SSSR count). The smallest absolute Gasteiger partial charge is 0.220 e. The van der Waals surface area contributed by atoms with Gasteiger partial charge in [0.1, 0.15) is 0 Å². The van der Waals surface area contributed by atoms with Crippen LogP contribution in [0.5, 0.6) is 0 Å². The summed E-state index contributed by atoms with van der Waals surface area (Å²) in [6.45, 7) is 7.79. The molecule has 1 saturated carbocycles. The first-order valence-corrected chi connectivity index (χ1v) is 8.49. The lowest BCUT2D eigenvalue weighted by Crippen LogP contribution is -2.39. The van der Waals surface area contributed by atoms with Crippen LogP contribution in [0, 0.1) is 11.3 Å². The Hall–Kier alpha value is -0.570. The average Bonchev–Trinajstić information content (AvgIpc) is 2.44. The van der Waals surface area contributed by atoms with Crippen molar-refractivity contribution < 1.29 is 4.79 Å². The Morgan fingerprint density at radius 3 is 2.35 bits per heavy atom. The molecule has 0 saturated heterocycles. The Bertz CT molecular complexity index is 281. The van der Waals surface area contributed by atoms with Crippen LogP contribution in [-0.2, 0) is 4.79 Å². The minimum Gasteiger partial charge on any atom is -0.353 e. The van der Waals surface area contributed by atoms with Crippen LogP contribution in [-0.4, -0.2) is 18.5 Å². The Morgan fingerprint density at radius 2 is 1.80 bits per heavy atom. The molecule has 0 aromatic rings. The molecule has 0 radical (unpaired) electrons. The maximum absolute atomic E-state index is 11.9. The molecule has 0 heterocycles. The normalized spacial score (nSPS) is 23.6. The Labute approximate surface area is 125 Å². The van der Waals surface area contributed by atoms with E-state index in [0.717, 1.165) is 44.6 Å². The van der Waals surface area contributed by atoms with Crippen molar-refractivity contribution in [3.8, 4) is 0 Å². The molecule has 0 bridgehead atoms. The molecule has 3 N–H and O–H groups in total. The van der Waals surface area contributed by atoms with E-state index in [0.29, 0.717) is 17.9 Å². The van der Waals surface area contributed by atoms with Crippen LogP contribution in [0.3, 0.4) is 0 Å². The first kappa shape index (κ1) is 17.5. The zero-order valence-corrected chi connectivity index (χ0v) is 13.7. The van der Waals surface area contributed by atoms with Gasteiger partial charge in [0.2, 0.25) is 5.91 Å². The predicted molar refractivity (Wildman–Crippen MR) is 85.5 cm³/mol. The molecule has 1 fully saturated rings. The van der Waals surface area contributed by atoms with Gasteiger partial charge in [-0.2, -0.15) is 0 Å². The van der Waals surface area contributed by atoms with E-state index in [9.17, 15) is 4.79 Å². The lowest BCUT2D eigenvalue weighted by Gasteiger charge is -2.39. The first-order valence-electron chi connectivity index (χ1n) is 8.49. The topological polar surface area (TPSA) is 55.1 Å². The molecule has 3 nitrogen and oxygen atoms in total. The summed E-state index contributed by atoms with van der Waals surface area (Å²) < 4.78 is 0. The van der Waals surface area contributed by atoms with Gasteiger partial charge in [0, 0.05) is 12.5 Å². The second-order valence-electron chi connectivity index (χ2n) is 7.06. The molecule has 1 aliphatic carbocycles. The number of carbonyl (C=O) groups excluding carboxylic acids is 1. The van der Waals surface area contributed by atoms with Crippen molar-refractivity contribution in [2.45, 2.75) is 84.6 Å². The van der Waals surface area contributed by atoms with E-state index < -0.39 is 0 Å². The van der Waals surface area contributed by atoms with Crippen LogP contribution in [0.15, 0.2) is 0 Å². The summed E-state index contributed by atoms with van der Waals surface area (Å²) in [6.07, 6.45) is 9.83. The van der Waals surface area contributed by atoms with Crippen LogP contribution >= 0.6 is 0 Å². The third kappa shape index (κ3) is 5.82. The predicted octanol–water partition coefficient (Wildman–Crippen LogP) is 3.62. The molecule has 0 unspecified atom stereocenters. The summed E-state index contributed by atoms with van der Waals surface area (Å²) in [4.78, 5) is 11.9. The van der Waals surface area contributed by atoms with E-state index in [1.54, 1.807) is 0 Å². The fraction of sp³-hybridized carbons (Fsp3) is 0.941. The van der Waals surface area contributed by atoms with Gasteiger partial charge < -0.3 is 11.1 Å². The fourth-order valence-corrected chi connectivity index (χ4v) is 3.21. The highest BCUT2D eigenvalue weighted by atomic mass is 16.1. The van der Waals surface area contributed by atoms with Crippen molar-refractivity contribution in [1.29, 1.82) is 0 Å². The average molecular weight is 282 g/mol. The van der Waals surface area contributed by atoms with Crippen molar-refractivity contribution in [1.82, 2.24) is 5.32 Å². The van der Waals surface area contributed by atoms with Gasteiger partial charge >= 0.3 is 0 Å². The molecule has 118 valence electrons. The fourth-order valence-electron chi connectivity index (χ4n) is 3.21. The molecule has 0 spiro atoms. The summed E-state index contributed by atoms with van der Waals surface area (Å²) in [6, 6.07) is 0.418. The van der Waals surface area contributed by atoms with E-state index in [1.807, 2.05) is 0 Å². The molecule has 0 atom stereocenters. The minimum atomic E-state index is 0.236. The van der Waals surface area contributed by atoms with Gasteiger partial charge in [-0.1, -0.05) is 33.6 Å². The number of hydrogen-bond donors (Lipinski definition) is 2. The van der Waals surface area contributed by atoms with E-state index in [-0.39, 0.29) is 5.91 Å². The summed E-state index contributed by atoms with van der Waals surface area (Å²) in [5.41, 5.74) is 5.91. The van der Waals surface area contributed by atoms with Gasteiger partial charge in [-0.3, -0.25) is 4.79 Å². The highest BCUT2D eigenvalue weighted by Gasteiger charge is 2.31. The first-order chi connectivity index (χ1) is 9.49. The lowest BCUT2D eigenvalue weighted by atomic mass is 9.69. The molecule has 3 heteroatoms. The van der Waals surface area contributed by atoms with Gasteiger partial charge in [0.15, 0.2) is 0 Å². The largest absolute Gasteiger partial charge is 0.353 e. The van der Waals surface area contributed by atoms with Crippen molar-refractivity contribution in [2.75, 3.05) is 6.54 Å². The summed E-state index contributed by atoms with van der Waals surface area (Å²) in [7, 11) is 0. The van der Waals surface area contributed by atoms with Crippen molar-refractivity contribution in [2.24, 2.45) is 17.1 Å². The van der Waals surface area contributed by atoms with Crippen LogP contribution in [0.4, 0.5) is 0 Å². The molecule has 1 amide bonds. The molecular weight excluding hydrogens is 248 g/mol. The van der Waals surface area contributed by atoms with Crippen molar-refractivity contribution >= 4 is 5.91 Å². The molecule has 0 aromatic carbocycles. The highest BCUT2D eigenvalue weighted by Crippen LogP contribution is 2.40. The maximum Gasteiger partial charge on any atom is 0.220 e. The van der Waals surface area contributed by atoms with Gasteiger partial charge in [-0.05, 0) is 56.4 Å².